The first kappa shape index (κ1) is 24.7. The summed E-state index contributed by atoms with van der Waals surface area (Å²) in [7, 11) is 1.22. The molecule has 0 saturated carbocycles. The number of carbonyl (C=O) groups is 3. The van der Waals surface area contributed by atoms with Gasteiger partial charge in [0, 0.05) is 17.7 Å². The number of amides is 1. The van der Waals surface area contributed by atoms with Gasteiger partial charge in [0.1, 0.15) is 10.6 Å². The first-order valence-electron chi connectivity index (χ1n) is 10.7. The molecule has 2 aromatic carbocycles. The SMILES string of the molecule is COC(=O)c1sc(N2C(=O)C(=O)C(=C(O)c3cc(C)ccc3C)C2c2ccc([N+](=O)[O-])cc2)nc1C. The number of nitro benzene ring substituents is 1. The number of methoxy groups -OCH3 is 1. The van der Waals surface area contributed by atoms with Crippen LogP contribution in [0.4, 0.5) is 10.8 Å². The molecule has 1 unspecified atom stereocenters. The Morgan fingerprint density at radius 1 is 1.14 bits per heavy atom. The maximum absolute atomic E-state index is 13.3. The zero-order chi connectivity index (χ0) is 26.3. The monoisotopic (exact) mass is 507 g/mol. The highest BCUT2D eigenvalue weighted by atomic mass is 32.1. The lowest BCUT2D eigenvalue weighted by Gasteiger charge is -2.23. The van der Waals surface area contributed by atoms with Crippen LogP contribution >= 0.6 is 11.3 Å². The Balaban J connectivity index is 1.97. The van der Waals surface area contributed by atoms with Gasteiger partial charge in [-0.15, -0.1) is 0 Å². The molecule has 36 heavy (non-hydrogen) atoms. The van der Waals surface area contributed by atoms with Crippen LogP contribution in [0.15, 0.2) is 48.0 Å². The lowest BCUT2D eigenvalue weighted by atomic mass is 9.93. The fraction of sp³-hybridized carbons (Fsp3) is 0.200. The number of hydrogen-bond donors (Lipinski definition) is 1. The lowest BCUT2D eigenvalue weighted by Crippen LogP contribution is -2.29. The van der Waals surface area contributed by atoms with Crippen LogP contribution in [0.1, 0.15) is 43.7 Å². The molecule has 3 aromatic rings. The van der Waals surface area contributed by atoms with Gasteiger partial charge in [-0.2, -0.15) is 0 Å². The molecule has 11 heteroatoms. The summed E-state index contributed by atoms with van der Waals surface area (Å²) in [6.45, 7) is 5.16. The Labute approximate surface area is 209 Å². The zero-order valence-electron chi connectivity index (χ0n) is 19.8. The number of benzene rings is 2. The largest absolute Gasteiger partial charge is 0.507 e. The highest BCUT2D eigenvalue weighted by molar-refractivity contribution is 7.17. The van der Waals surface area contributed by atoms with Gasteiger partial charge in [0.2, 0.25) is 0 Å². The molecule has 4 rings (SSSR count). The second-order valence-corrected chi connectivity index (χ2v) is 9.22. The molecule has 0 spiro atoms. The van der Waals surface area contributed by atoms with Crippen molar-refractivity contribution in [3.8, 4) is 0 Å². The predicted octanol–water partition coefficient (Wildman–Crippen LogP) is 4.39. The van der Waals surface area contributed by atoms with E-state index >= 15 is 0 Å². The zero-order valence-corrected chi connectivity index (χ0v) is 20.6. The van der Waals surface area contributed by atoms with Crippen LogP contribution in [0.25, 0.3) is 5.76 Å². The number of carbonyl (C=O) groups excluding carboxylic acids is 3. The van der Waals surface area contributed by atoms with Gasteiger partial charge in [-0.1, -0.05) is 29.0 Å². The Bertz CT molecular complexity index is 1460. The topological polar surface area (TPSA) is 140 Å². The molecule has 1 fully saturated rings. The van der Waals surface area contributed by atoms with Crippen LogP contribution < -0.4 is 4.90 Å². The molecule has 1 aliphatic heterocycles. The van der Waals surface area contributed by atoms with Gasteiger partial charge in [-0.3, -0.25) is 24.6 Å². The maximum atomic E-state index is 13.3. The number of aliphatic hydroxyl groups is 1. The summed E-state index contributed by atoms with van der Waals surface area (Å²) in [5.41, 5.74) is 2.19. The summed E-state index contributed by atoms with van der Waals surface area (Å²) in [5.74, 6) is -2.91. The number of esters is 1. The van der Waals surface area contributed by atoms with Crippen molar-refractivity contribution in [2.45, 2.75) is 26.8 Å². The molecule has 184 valence electrons. The Kier molecular flexibility index (Phi) is 6.42. The molecule has 0 radical (unpaired) electrons. The van der Waals surface area contributed by atoms with Crippen molar-refractivity contribution in [1.82, 2.24) is 4.98 Å². The second-order valence-electron chi connectivity index (χ2n) is 8.24. The summed E-state index contributed by atoms with van der Waals surface area (Å²) in [5, 5.41) is 22.5. The van der Waals surface area contributed by atoms with Gasteiger partial charge in [-0.05, 0) is 50.1 Å². The molecule has 10 nitrogen and oxygen atoms in total. The number of anilines is 1. The molecule has 0 bridgehead atoms. The van der Waals surface area contributed by atoms with Gasteiger partial charge < -0.3 is 9.84 Å². The molecular formula is C25H21N3O7S. The van der Waals surface area contributed by atoms with E-state index in [1.807, 2.05) is 13.0 Å². The number of aryl methyl sites for hydroxylation is 3. The van der Waals surface area contributed by atoms with Crippen LogP contribution in [0.2, 0.25) is 0 Å². The summed E-state index contributed by atoms with van der Waals surface area (Å²) < 4.78 is 4.78. The smallest absolute Gasteiger partial charge is 0.350 e. The third-order valence-corrected chi connectivity index (χ3v) is 7.01. The number of rotatable bonds is 5. The van der Waals surface area contributed by atoms with Crippen LogP contribution in [0.3, 0.4) is 0 Å². The van der Waals surface area contributed by atoms with Crippen molar-refractivity contribution in [3.63, 3.8) is 0 Å². The predicted molar refractivity (Wildman–Crippen MR) is 132 cm³/mol. The van der Waals surface area contributed by atoms with Gasteiger partial charge in [0.05, 0.1) is 29.3 Å². The molecule has 1 N–H and O–H groups in total. The van der Waals surface area contributed by atoms with Crippen molar-refractivity contribution < 1.29 is 29.2 Å². The number of ether oxygens (including phenoxy) is 1. The highest BCUT2D eigenvalue weighted by Crippen LogP contribution is 2.44. The summed E-state index contributed by atoms with van der Waals surface area (Å²) in [6, 6.07) is 9.54. The normalized spacial score (nSPS) is 16.9. The van der Waals surface area contributed by atoms with Gasteiger partial charge in [0.15, 0.2) is 5.13 Å². The van der Waals surface area contributed by atoms with E-state index in [2.05, 4.69) is 4.98 Å². The average molecular weight is 508 g/mol. The van der Waals surface area contributed by atoms with Crippen LogP contribution in [-0.4, -0.2) is 39.8 Å². The molecule has 2 heterocycles. The molecule has 0 aliphatic carbocycles. The van der Waals surface area contributed by atoms with E-state index in [1.165, 1.54) is 31.4 Å². The van der Waals surface area contributed by atoms with Crippen LogP contribution in [-0.2, 0) is 14.3 Å². The number of nitrogens with zero attached hydrogens (tertiary/aromatic N) is 3. The van der Waals surface area contributed by atoms with E-state index in [0.29, 0.717) is 22.4 Å². The van der Waals surface area contributed by atoms with Crippen molar-refractivity contribution in [3.05, 3.63) is 91.0 Å². The number of Topliss-reactive ketones (excluding diaryl/α,β-unsaturated/α-hetero) is 1. The standard InChI is InChI=1S/C25H21N3O7S/c1-12-5-6-13(2)17(11-12)20(29)18-19(15-7-9-16(10-8-15)28(33)34)27(23(31)21(18)30)25-26-14(3)22(36-25)24(32)35-4/h5-11,19,29H,1-4H3. The molecule has 1 aliphatic rings. The molecular weight excluding hydrogens is 486 g/mol. The number of ketones is 1. The van der Waals surface area contributed by atoms with E-state index in [9.17, 15) is 29.6 Å². The Morgan fingerprint density at radius 3 is 2.42 bits per heavy atom. The molecule has 1 atom stereocenters. The fourth-order valence-corrected chi connectivity index (χ4v) is 5.04. The number of aliphatic hydroxyl groups excluding tert-OH is 1. The number of aromatic nitrogens is 1. The molecule has 1 saturated heterocycles. The maximum Gasteiger partial charge on any atom is 0.350 e. The van der Waals surface area contributed by atoms with E-state index in [0.717, 1.165) is 21.8 Å². The minimum absolute atomic E-state index is 0.0540. The number of nitro groups is 1. The third-order valence-electron chi connectivity index (χ3n) is 5.87. The number of hydrogen-bond acceptors (Lipinski definition) is 9. The minimum Gasteiger partial charge on any atom is -0.507 e. The summed E-state index contributed by atoms with van der Waals surface area (Å²) >= 11 is 0.872. The first-order chi connectivity index (χ1) is 17.0. The highest BCUT2D eigenvalue weighted by Gasteiger charge is 2.48. The van der Waals surface area contributed by atoms with Crippen molar-refractivity contribution in [2.75, 3.05) is 12.0 Å². The van der Waals surface area contributed by atoms with Gasteiger partial charge >= 0.3 is 11.9 Å². The minimum atomic E-state index is -1.14. The fourth-order valence-electron chi connectivity index (χ4n) is 4.03. The molecule has 1 amide bonds. The quantitative estimate of drug-likeness (QED) is 0.134. The molecule has 1 aromatic heterocycles. The van der Waals surface area contributed by atoms with E-state index in [4.69, 9.17) is 4.74 Å². The van der Waals surface area contributed by atoms with E-state index < -0.39 is 28.6 Å². The van der Waals surface area contributed by atoms with Crippen LogP contribution in [0, 0.1) is 30.9 Å². The van der Waals surface area contributed by atoms with Crippen molar-refractivity contribution in [1.29, 1.82) is 0 Å². The summed E-state index contributed by atoms with van der Waals surface area (Å²) in [6.07, 6.45) is 0. The second kappa shape index (κ2) is 9.34. The lowest BCUT2D eigenvalue weighted by molar-refractivity contribution is -0.384. The van der Waals surface area contributed by atoms with E-state index in [-0.39, 0.29) is 27.0 Å². The summed E-state index contributed by atoms with van der Waals surface area (Å²) in [4.78, 5) is 54.9. The van der Waals surface area contributed by atoms with E-state index in [1.54, 1.807) is 26.0 Å². The van der Waals surface area contributed by atoms with Gasteiger partial charge in [-0.25, -0.2) is 9.78 Å². The number of non-ortho nitro benzene ring substituents is 1. The average Bonchev–Trinajstić information content (AvgIpc) is 3.36. The van der Waals surface area contributed by atoms with Crippen molar-refractivity contribution >= 4 is 45.6 Å². The Hall–Kier alpha value is -4.38. The number of thiazole rings is 1. The van der Waals surface area contributed by atoms with Crippen LogP contribution in [0.5, 0.6) is 0 Å². The van der Waals surface area contributed by atoms with Crippen molar-refractivity contribution in [2.24, 2.45) is 0 Å². The Morgan fingerprint density at radius 2 is 1.81 bits per heavy atom. The first-order valence-corrected chi connectivity index (χ1v) is 11.6. The van der Waals surface area contributed by atoms with Gasteiger partial charge in [0.25, 0.3) is 11.5 Å². The third kappa shape index (κ3) is 4.13.